The number of hydrogen-bond acceptors (Lipinski definition) is 6. The van der Waals surface area contributed by atoms with Gasteiger partial charge in [0.05, 0.1) is 13.4 Å². The largest absolute Gasteiger partial charge is 0.497 e. The molecular weight excluding hydrogens is 448 g/mol. The van der Waals surface area contributed by atoms with Gasteiger partial charge in [-0.05, 0) is 60.4 Å². The van der Waals surface area contributed by atoms with Gasteiger partial charge in [0.25, 0.3) is 5.91 Å². The van der Waals surface area contributed by atoms with Crippen molar-refractivity contribution in [2.75, 3.05) is 13.9 Å². The van der Waals surface area contributed by atoms with Gasteiger partial charge in [-0.25, -0.2) is 0 Å². The summed E-state index contributed by atoms with van der Waals surface area (Å²) in [7, 11) is 1.59. The standard InChI is InChI=1S/C27H28N2O6/c1-32-21-11-9-19(10-12-21)25(26(30)28-20-5-2-3-6-20)29(27(31)23-7-4-14-33-23)16-18-8-13-22-24(15-18)35-17-34-22/h4,7-15,20,25H,2-3,5-6,16-17H2,1H3,(H,28,30). The topological polar surface area (TPSA) is 90.2 Å². The first-order valence-electron chi connectivity index (χ1n) is 11.8. The molecule has 1 fully saturated rings. The minimum absolute atomic E-state index is 0.106. The number of hydrogen-bond donors (Lipinski definition) is 1. The van der Waals surface area contributed by atoms with Crippen LogP contribution in [0.2, 0.25) is 0 Å². The summed E-state index contributed by atoms with van der Waals surface area (Å²) in [6.07, 6.45) is 5.51. The third kappa shape index (κ3) is 4.96. The van der Waals surface area contributed by atoms with Crippen molar-refractivity contribution >= 4 is 11.8 Å². The number of nitrogens with one attached hydrogen (secondary N) is 1. The Morgan fingerprint density at radius 1 is 1.06 bits per heavy atom. The second-order valence-electron chi connectivity index (χ2n) is 8.76. The van der Waals surface area contributed by atoms with Gasteiger partial charge in [0.15, 0.2) is 17.3 Å². The average molecular weight is 477 g/mol. The van der Waals surface area contributed by atoms with Gasteiger partial charge in [-0.2, -0.15) is 0 Å². The number of fused-ring (bicyclic) bond motifs is 1. The SMILES string of the molecule is COc1ccc(C(C(=O)NC2CCCC2)N(Cc2ccc3c(c2)OCO3)C(=O)c2ccco2)cc1. The second-order valence-corrected chi connectivity index (χ2v) is 8.76. The number of methoxy groups -OCH3 is 1. The minimum Gasteiger partial charge on any atom is -0.497 e. The van der Waals surface area contributed by atoms with E-state index in [4.69, 9.17) is 18.6 Å². The van der Waals surface area contributed by atoms with Crippen LogP contribution in [0.15, 0.2) is 65.3 Å². The van der Waals surface area contributed by atoms with Crippen LogP contribution in [0.4, 0.5) is 0 Å². The van der Waals surface area contributed by atoms with E-state index in [1.165, 1.54) is 6.26 Å². The highest BCUT2D eigenvalue weighted by Gasteiger charge is 2.35. The average Bonchev–Trinajstić information content (AvgIpc) is 3.66. The molecule has 2 aromatic carbocycles. The highest BCUT2D eigenvalue weighted by atomic mass is 16.7. The Kier molecular flexibility index (Phi) is 6.61. The molecule has 1 aromatic heterocycles. The fourth-order valence-corrected chi connectivity index (χ4v) is 4.67. The lowest BCUT2D eigenvalue weighted by Gasteiger charge is -2.32. The van der Waals surface area contributed by atoms with Crippen LogP contribution < -0.4 is 19.5 Å². The van der Waals surface area contributed by atoms with Crippen molar-refractivity contribution in [3.05, 3.63) is 77.7 Å². The summed E-state index contributed by atoms with van der Waals surface area (Å²) in [5.74, 6) is 1.51. The maximum atomic E-state index is 13.7. The molecule has 1 saturated carbocycles. The van der Waals surface area contributed by atoms with E-state index in [0.29, 0.717) is 22.8 Å². The van der Waals surface area contributed by atoms with Crippen LogP contribution in [0.25, 0.3) is 0 Å². The zero-order valence-corrected chi connectivity index (χ0v) is 19.6. The molecule has 35 heavy (non-hydrogen) atoms. The molecule has 0 spiro atoms. The molecule has 182 valence electrons. The molecule has 0 saturated heterocycles. The van der Waals surface area contributed by atoms with Crippen molar-refractivity contribution in [3.8, 4) is 17.2 Å². The van der Waals surface area contributed by atoms with Gasteiger partial charge in [0, 0.05) is 12.6 Å². The molecular formula is C27H28N2O6. The van der Waals surface area contributed by atoms with Crippen molar-refractivity contribution < 1.29 is 28.2 Å². The normalized spacial score (nSPS) is 15.6. The van der Waals surface area contributed by atoms with E-state index in [2.05, 4.69) is 5.32 Å². The molecule has 3 aromatic rings. The summed E-state index contributed by atoms with van der Waals surface area (Å²) < 4.78 is 21.7. The van der Waals surface area contributed by atoms with E-state index in [-0.39, 0.29) is 37.0 Å². The van der Waals surface area contributed by atoms with E-state index < -0.39 is 6.04 Å². The van der Waals surface area contributed by atoms with E-state index in [1.54, 1.807) is 36.3 Å². The highest BCUT2D eigenvalue weighted by molar-refractivity contribution is 5.96. The molecule has 2 aliphatic rings. The van der Waals surface area contributed by atoms with Crippen LogP contribution in [0.5, 0.6) is 17.2 Å². The number of carbonyl (C=O) groups excluding carboxylic acids is 2. The number of amides is 2. The van der Waals surface area contributed by atoms with Gasteiger partial charge in [0.2, 0.25) is 12.7 Å². The Balaban J connectivity index is 1.53. The fourth-order valence-electron chi connectivity index (χ4n) is 4.67. The number of nitrogens with zero attached hydrogens (tertiary/aromatic N) is 1. The third-order valence-corrected chi connectivity index (χ3v) is 6.48. The second kappa shape index (κ2) is 10.1. The van der Waals surface area contributed by atoms with Crippen LogP contribution in [-0.4, -0.2) is 36.7 Å². The lowest BCUT2D eigenvalue weighted by Crippen LogP contribution is -2.45. The van der Waals surface area contributed by atoms with E-state index in [0.717, 1.165) is 31.2 Å². The van der Waals surface area contributed by atoms with Gasteiger partial charge in [-0.3, -0.25) is 9.59 Å². The van der Waals surface area contributed by atoms with E-state index in [9.17, 15) is 9.59 Å². The number of carbonyl (C=O) groups is 2. The molecule has 1 aliphatic carbocycles. The molecule has 1 N–H and O–H groups in total. The zero-order valence-electron chi connectivity index (χ0n) is 19.6. The van der Waals surface area contributed by atoms with Crippen molar-refractivity contribution in [2.24, 2.45) is 0 Å². The first kappa shape index (κ1) is 22.8. The minimum atomic E-state index is -0.871. The third-order valence-electron chi connectivity index (χ3n) is 6.48. The van der Waals surface area contributed by atoms with Crippen LogP contribution in [0.3, 0.4) is 0 Å². The summed E-state index contributed by atoms with van der Waals surface area (Å²) in [6.45, 7) is 0.330. The monoisotopic (exact) mass is 476 g/mol. The van der Waals surface area contributed by atoms with E-state index >= 15 is 0 Å². The summed E-state index contributed by atoms with van der Waals surface area (Å²) in [4.78, 5) is 29.0. The van der Waals surface area contributed by atoms with Gasteiger partial charge >= 0.3 is 0 Å². The van der Waals surface area contributed by atoms with Crippen LogP contribution in [-0.2, 0) is 11.3 Å². The molecule has 1 atom stereocenters. The maximum Gasteiger partial charge on any atom is 0.290 e. The molecule has 5 rings (SSSR count). The molecule has 2 amide bonds. The lowest BCUT2D eigenvalue weighted by atomic mass is 10.0. The smallest absolute Gasteiger partial charge is 0.290 e. The Morgan fingerprint density at radius 3 is 2.54 bits per heavy atom. The van der Waals surface area contributed by atoms with Crippen molar-refractivity contribution in [2.45, 2.75) is 44.3 Å². The Bertz CT molecular complexity index is 1170. The molecule has 1 aliphatic heterocycles. The van der Waals surface area contributed by atoms with Crippen LogP contribution >= 0.6 is 0 Å². The number of rotatable bonds is 8. The Morgan fingerprint density at radius 2 is 1.83 bits per heavy atom. The Labute approximate surface area is 203 Å². The predicted octanol–water partition coefficient (Wildman–Crippen LogP) is 4.46. The van der Waals surface area contributed by atoms with Gasteiger partial charge in [0.1, 0.15) is 11.8 Å². The quantitative estimate of drug-likeness (QED) is 0.516. The highest BCUT2D eigenvalue weighted by Crippen LogP contribution is 2.34. The van der Waals surface area contributed by atoms with Crippen molar-refractivity contribution in [1.82, 2.24) is 10.2 Å². The summed E-state index contributed by atoms with van der Waals surface area (Å²) >= 11 is 0. The lowest BCUT2D eigenvalue weighted by molar-refractivity contribution is -0.126. The number of furan rings is 1. The first-order valence-corrected chi connectivity index (χ1v) is 11.8. The van der Waals surface area contributed by atoms with Crippen molar-refractivity contribution in [1.29, 1.82) is 0 Å². The molecule has 0 bridgehead atoms. The first-order chi connectivity index (χ1) is 17.1. The summed E-state index contributed by atoms with van der Waals surface area (Å²) in [5.41, 5.74) is 1.49. The number of benzene rings is 2. The fraction of sp³-hybridized carbons (Fsp3) is 0.333. The van der Waals surface area contributed by atoms with Crippen molar-refractivity contribution in [3.63, 3.8) is 0 Å². The molecule has 0 radical (unpaired) electrons. The number of ether oxygens (including phenoxy) is 3. The van der Waals surface area contributed by atoms with Crippen LogP contribution in [0.1, 0.15) is 53.4 Å². The maximum absolute atomic E-state index is 13.7. The molecule has 2 heterocycles. The molecule has 8 nitrogen and oxygen atoms in total. The van der Waals surface area contributed by atoms with Gasteiger partial charge in [-0.1, -0.05) is 31.0 Å². The van der Waals surface area contributed by atoms with Crippen LogP contribution in [0, 0.1) is 0 Å². The molecule has 1 unspecified atom stereocenters. The Hall–Kier alpha value is -3.94. The summed E-state index contributed by atoms with van der Waals surface area (Å²) in [5, 5.41) is 3.17. The van der Waals surface area contributed by atoms with Gasteiger partial charge < -0.3 is 28.8 Å². The molecule has 8 heteroatoms. The predicted molar refractivity (Wildman–Crippen MR) is 127 cm³/mol. The van der Waals surface area contributed by atoms with Gasteiger partial charge in [-0.15, -0.1) is 0 Å². The summed E-state index contributed by atoms with van der Waals surface area (Å²) in [6, 6.07) is 15.2. The van der Waals surface area contributed by atoms with E-state index in [1.807, 2.05) is 30.3 Å². The zero-order chi connectivity index (χ0) is 24.2.